The summed E-state index contributed by atoms with van der Waals surface area (Å²) in [7, 11) is 0. The molecule has 0 saturated heterocycles. The second-order valence-corrected chi connectivity index (χ2v) is 10.9. The van der Waals surface area contributed by atoms with E-state index in [0.29, 0.717) is 5.75 Å². The van der Waals surface area contributed by atoms with Gasteiger partial charge in [-0.2, -0.15) is 0 Å². The summed E-state index contributed by atoms with van der Waals surface area (Å²) >= 11 is 0. The highest BCUT2D eigenvalue weighted by Crippen LogP contribution is 2.45. The Balaban J connectivity index is 2.73. The quantitative estimate of drug-likeness (QED) is 0.585. The first kappa shape index (κ1) is 22.3. The molecule has 0 aliphatic rings. The van der Waals surface area contributed by atoms with E-state index in [1.807, 2.05) is 12.1 Å². The van der Waals surface area contributed by atoms with E-state index in [4.69, 9.17) is 0 Å². The number of hydrogen-bond donors (Lipinski definition) is 1. The second-order valence-electron chi connectivity index (χ2n) is 10.9. The maximum Gasteiger partial charge on any atom is 0.119 e. The predicted octanol–water partition coefficient (Wildman–Crippen LogP) is 7.54. The van der Waals surface area contributed by atoms with Crippen LogP contribution in [0.2, 0.25) is 0 Å². The fraction of sp³-hybridized carbons (Fsp3) is 0.481. The fourth-order valence-corrected chi connectivity index (χ4v) is 4.05. The Kier molecular flexibility index (Phi) is 6.19. The molecular weight excluding hydrogens is 340 g/mol. The van der Waals surface area contributed by atoms with Crippen LogP contribution in [0.1, 0.15) is 90.1 Å². The van der Waals surface area contributed by atoms with Crippen molar-refractivity contribution >= 4 is 6.08 Å². The Labute approximate surface area is 172 Å². The lowest BCUT2D eigenvalue weighted by Gasteiger charge is -2.36. The monoisotopic (exact) mass is 378 g/mol. The molecule has 0 saturated carbocycles. The molecule has 0 aromatic heterocycles. The normalized spacial score (nSPS) is 13.3. The van der Waals surface area contributed by atoms with Crippen LogP contribution in [-0.4, -0.2) is 5.11 Å². The number of phenols is 1. The van der Waals surface area contributed by atoms with Crippen molar-refractivity contribution in [3.05, 3.63) is 70.3 Å². The lowest BCUT2D eigenvalue weighted by atomic mass is 9.68. The first-order valence-corrected chi connectivity index (χ1v) is 10.3. The average Bonchev–Trinajstić information content (AvgIpc) is 2.53. The molecule has 0 heterocycles. The third-order valence-electron chi connectivity index (χ3n) is 5.15. The van der Waals surface area contributed by atoms with Gasteiger partial charge in [-0.3, -0.25) is 0 Å². The van der Waals surface area contributed by atoms with Gasteiger partial charge in [0, 0.05) is 5.56 Å². The molecule has 1 nitrogen and oxygen atoms in total. The highest BCUT2D eigenvalue weighted by Gasteiger charge is 2.33. The van der Waals surface area contributed by atoms with Gasteiger partial charge in [-0.25, -0.2) is 0 Å². The van der Waals surface area contributed by atoms with Gasteiger partial charge in [0.2, 0.25) is 0 Å². The molecule has 28 heavy (non-hydrogen) atoms. The largest absolute Gasteiger partial charge is 0.508 e. The Bertz CT molecular complexity index is 835. The van der Waals surface area contributed by atoms with Gasteiger partial charge in [-0.15, -0.1) is 0 Å². The van der Waals surface area contributed by atoms with Crippen LogP contribution in [-0.2, 0) is 22.7 Å². The zero-order valence-corrected chi connectivity index (χ0v) is 19.3. The lowest BCUT2D eigenvalue weighted by Crippen LogP contribution is -2.27. The molecule has 0 unspecified atom stereocenters. The molecule has 0 amide bonds. The molecule has 0 spiro atoms. The number of phenolic OH excluding ortho intramolecular Hbond substituents is 1. The summed E-state index contributed by atoms with van der Waals surface area (Å²) in [6, 6.07) is 12.5. The third kappa shape index (κ3) is 5.07. The minimum absolute atomic E-state index is 0.0379. The van der Waals surface area contributed by atoms with Crippen molar-refractivity contribution in [1.29, 1.82) is 0 Å². The van der Waals surface area contributed by atoms with Crippen molar-refractivity contribution in [2.75, 3.05) is 0 Å². The van der Waals surface area contributed by atoms with Crippen LogP contribution in [0.15, 0.2) is 42.5 Å². The van der Waals surface area contributed by atoms with Gasteiger partial charge in [0.15, 0.2) is 0 Å². The summed E-state index contributed by atoms with van der Waals surface area (Å²) in [6.07, 6.45) is 5.32. The van der Waals surface area contributed by atoms with E-state index in [2.05, 4.69) is 98.7 Å². The Morgan fingerprint density at radius 2 is 1.29 bits per heavy atom. The van der Waals surface area contributed by atoms with Crippen LogP contribution < -0.4 is 0 Å². The summed E-state index contributed by atoms with van der Waals surface area (Å²) in [4.78, 5) is 0. The van der Waals surface area contributed by atoms with Gasteiger partial charge < -0.3 is 5.11 Å². The van der Waals surface area contributed by atoms with E-state index >= 15 is 0 Å². The van der Waals surface area contributed by atoms with Crippen molar-refractivity contribution in [2.24, 2.45) is 0 Å². The summed E-state index contributed by atoms with van der Waals surface area (Å²) in [5, 5.41) is 11.0. The number of benzene rings is 2. The zero-order chi connectivity index (χ0) is 21.3. The Morgan fingerprint density at radius 3 is 1.75 bits per heavy atom. The minimum Gasteiger partial charge on any atom is -0.508 e. The third-order valence-corrected chi connectivity index (χ3v) is 5.15. The number of allylic oxidation sites excluding steroid dienone is 1. The van der Waals surface area contributed by atoms with Gasteiger partial charge in [-0.05, 0) is 51.0 Å². The van der Waals surface area contributed by atoms with E-state index in [1.165, 1.54) is 22.3 Å². The van der Waals surface area contributed by atoms with Gasteiger partial charge >= 0.3 is 0 Å². The smallest absolute Gasteiger partial charge is 0.119 e. The summed E-state index contributed by atoms with van der Waals surface area (Å²) in [6.45, 7) is 20.0. The topological polar surface area (TPSA) is 20.2 Å². The molecule has 0 aliphatic heterocycles. The minimum atomic E-state index is -0.124. The van der Waals surface area contributed by atoms with Crippen LogP contribution in [0.4, 0.5) is 0 Å². The van der Waals surface area contributed by atoms with Crippen LogP contribution in [0.3, 0.4) is 0 Å². The number of rotatable bonds is 3. The second kappa shape index (κ2) is 7.78. The molecule has 152 valence electrons. The first-order chi connectivity index (χ1) is 12.7. The molecule has 2 aromatic carbocycles. The van der Waals surface area contributed by atoms with E-state index in [1.54, 1.807) is 0 Å². The van der Waals surface area contributed by atoms with E-state index in [-0.39, 0.29) is 16.2 Å². The maximum absolute atomic E-state index is 11.0. The summed E-state index contributed by atoms with van der Waals surface area (Å²) in [5.41, 5.74) is 5.96. The van der Waals surface area contributed by atoms with E-state index in [0.717, 1.165) is 12.0 Å². The summed E-state index contributed by atoms with van der Waals surface area (Å²) < 4.78 is 0. The average molecular weight is 379 g/mol. The van der Waals surface area contributed by atoms with Crippen molar-refractivity contribution < 1.29 is 5.11 Å². The first-order valence-electron chi connectivity index (χ1n) is 10.3. The molecule has 2 rings (SSSR count). The molecular formula is C27H38O. The molecule has 1 N–H and O–H groups in total. The van der Waals surface area contributed by atoms with Gasteiger partial charge in [0.25, 0.3) is 0 Å². The standard InChI is InChI=1S/C27H38O/c1-25(2,3)21-18-22(28)24(27(7,8)9)23(26(4,5)6)20(21)17-13-16-19-14-11-10-12-15-19/h10-16,18,28H,17H2,1-9H3/b16-13+. The van der Waals surface area contributed by atoms with Crippen LogP contribution in [0, 0.1) is 0 Å². The highest BCUT2D eigenvalue weighted by molar-refractivity contribution is 5.58. The molecule has 0 aliphatic carbocycles. The van der Waals surface area contributed by atoms with Gasteiger partial charge in [0.1, 0.15) is 5.75 Å². The molecule has 0 atom stereocenters. The van der Waals surface area contributed by atoms with Crippen molar-refractivity contribution in [3.63, 3.8) is 0 Å². The number of hydrogen-bond acceptors (Lipinski definition) is 1. The number of aromatic hydroxyl groups is 1. The lowest BCUT2D eigenvalue weighted by molar-refractivity contribution is 0.429. The maximum atomic E-state index is 11.0. The molecule has 0 radical (unpaired) electrons. The molecule has 2 aromatic rings. The molecule has 1 heteroatoms. The zero-order valence-electron chi connectivity index (χ0n) is 19.3. The van der Waals surface area contributed by atoms with Crippen molar-refractivity contribution in [2.45, 2.75) is 85.0 Å². The van der Waals surface area contributed by atoms with Gasteiger partial charge in [0.05, 0.1) is 0 Å². The van der Waals surface area contributed by atoms with Crippen LogP contribution >= 0.6 is 0 Å². The predicted molar refractivity (Wildman–Crippen MR) is 123 cm³/mol. The molecule has 0 fully saturated rings. The van der Waals surface area contributed by atoms with Crippen LogP contribution in [0.5, 0.6) is 5.75 Å². The van der Waals surface area contributed by atoms with E-state index in [9.17, 15) is 5.11 Å². The van der Waals surface area contributed by atoms with Crippen molar-refractivity contribution in [1.82, 2.24) is 0 Å². The van der Waals surface area contributed by atoms with Crippen LogP contribution in [0.25, 0.3) is 6.08 Å². The van der Waals surface area contributed by atoms with Crippen molar-refractivity contribution in [3.8, 4) is 5.75 Å². The van der Waals surface area contributed by atoms with E-state index < -0.39 is 0 Å². The Morgan fingerprint density at radius 1 is 0.750 bits per heavy atom. The Hall–Kier alpha value is -2.02. The summed E-state index contributed by atoms with van der Waals surface area (Å²) in [5.74, 6) is 0.429. The molecule has 0 bridgehead atoms. The highest BCUT2D eigenvalue weighted by atomic mass is 16.3. The fourth-order valence-electron chi connectivity index (χ4n) is 4.05. The van der Waals surface area contributed by atoms with Gasteiger partial charge in [-0.1, -0.05) is 105 Å². The SMILES string of the molecule is CC(C)(C)c1cc(O)c(C(C)(C)C)c(C(C)(C)C)c1C/C=C/c1ccccc1.